The average Bonchev–Trinajstić information content (AvgIpc) is 3.13. The molecular weight excluding hydrogens is 326 g/mol. The summed E-state index contributed by atoms with van der Waals surface area (Å²) in [4.78, 5) is 14.4. The molecular formula is C18H18ClN3O2. The standard InChI is InChI=1S/C18H18ClN3O2/c19-17-10-15(4-3-14(17)11-20)22-7-5-13(6-8-22)18(23)21-12-16-2-1-9-24-16/h1-4,9-10,13H,5-8,12H2,(H,21,23). The molecule has 3 rings (SSSR count). The first-order valence-corrected chi connectivity index (χ1v) is 8.30. The molecule has 1 aliphatic rings. The van der Waals surface area contributed by atoms with Gasteiger partial charge >= 0.3 is 0 Å². The highest BCUT2D eigenvalue weighted by Gasteiger charge is 2.25. The highest BCUT2D eigenvalue weighted by molar-refractivity contribution is 6.32. The van der Waals surface area contributed by atoms with Crippen LogP contribution in [0.3, 0.4) is 0 Å². The van der Waals surface area contributed by atoms with Crippen molar-refractivity contribution in [2.75, 3.05) is 18.0 Å². The van der Waals surface area contributed by atoms with Crippen molar-refractivity contribution in [3.05, 3.63) is 52.9 Å². The van der Waals surface area contributed by atoms with Gasteiger partial charge in [-0.25, -0.2) is 0 Å². The topological polar surface area (TPSA) is 69.3 Å². The Labute approximate surface area is 145 Å². The van der Waals surface area contributed by atoms with E-state index in [2.05, 4.69) is 16.3 Å². The molecule has 0 spiro atoms. The minimum atomic E-state index is 0.0186. The Morgan fingerprint density at radius 3 is 2.79 bits per heavy atom. The SMILES string of the molecule is N#Cc1ccc(N2CCC(C(=O)NCc3ccco3)CC2)cc1Cl. The van der Waals surface area contributed by atoms with Crippen LogP contribution in [-0.2, 0) is 11.3 Å². The van der Waals surface area contributed by atoms with Crippen LogP contribution in [-0.4, -0.2) is 19.0 Å². The van der Waals surface area contributed by atoms with Crippen LogP contribution in [0.15, 0.2) is 41.0 Å². The van der Waals surface area contributed by atoms with Gasteiger partial charge < -0.3 is 14.6 Å². The van der Waals surface area contributed by atoms with Crippen LogP contribution in [0.5, 0.6) is 0 Å². The first-order chi connectivity index (χ1) is 11.7. The number of anilines is 1. The number of carbonyl (C=O) groups excluding carboxylic acids is 1. The fraction of sp³-hybridized carbons (Fsp3) is 0.333. The summed E-state index contributed by atoms with van der Waals surface area (Å²) in [5.74, 6) is 0.849. The monoisotopic (exact) mass is 343 g/mol. The highest BCUT2D eigenvalue weighted by atomic mass is 35.5. The number of hydrogen-bond donors (Lipinski definition) is 1. The molecule has 1 aliphatic heterocycles. The van der Waals surface area contributed by atoms with Gasteiger partial charge in [-0.15, -0.1) is 0 Å². The van der Waals surface area contributed by atoms with E-state index >= 15 is 0 Å². The van der Waals surface area contributed by atoms with Crippen LogP contribution in [0.25, 0.3) is 0 Å². The van der Waals surface area contributed by atoms with Gasteiger partial charge in [0.25, 0.3) is 0 Å². The van der Waals surface area contributed by atoms with Crippen LogP contribution in [0.4, 0.5) is 5.69 Å². The van der Waals surface area contributed by atoms with E-state index in [0.29, 0.717) is 17.1 Å². The molecule has 0 unspecified atom stereocenters. The summed E-state index contributed by atoms with van der Waals surface area (Å²) >= 11 is 6.10. The molecule has 2 aromatic rings. The summed E-state index contributed by atoms with van der Waals surface area (Å²) in [6, 6.07) is 11.2. The molecule has 0 atom stereocenters. The average molecular weight is 344 g/mol. The minimum absolute atomic E-state index is 0.0186. The number of hydrogen-bond acceptors (Lipinski definition) is 4. The number of nitrogens with zero attached hydrogens (tertiary/aromatic N) is 2. The largest absolute Gasteiger partial charge is 0.467 e. The van der Waals surface area contributed by atoms with Crippen LogP contribution >= 0.6 is 11.6 Å². The lowest BCUT2D eigenvalue weighted by Crippen LogP contribution is -2.40. The van der Waals surface area contributed by atoms with Crippen molar-refractivity contribution in [3.8, 4) is 6.07 Å². The van der Waals surface area contributed by atoms with Crippen LogP contribution < -0.4 is 10.2 Å². The zero-order valence-corrected chi connectivity index (χ0v) is 13.9. The molecule has 6 heteroatoms. The number of piperidine rings is 1. The predicted molar refractivity (Wildman–Crippen MR) is 91.7 cm³/mol. The highest BCUT2D eigenvalue weighted by Crippen LogP contribution is 2.27. The molecule has 1 saturated heterocycles. The van der Waals surface area contributed by atoms with Gasteiger partial charge in [0.1, 0.15) is 11.8 Å². The molecule has 1 aromatic heterocycles. The Kier molecular flexibility index (Phi) is 5.07. The smallest absolute Gasteiger partial charge is 0.223 e. The second-order valence-electron chi connectivity index (χ2n) is 5.83. The second-order valence-corrected chi connectivity index (χ2v) is 6.24. The molecule has 24 heavy (non-hydrogen) atoms. The van der Waals surface area contributed by atoms with E-state index in [-0.39, 0.29) is 11.8 Å². The van der Waals surface area contributed by atoms with Crippen LogP contribution in [0, 0.1) is 17.2 Å². The van der Waals surface area contributed by atoms with Crippen molar-refractivity contribution in [1.29, 1.82) is 5.26 Å². The number of furan rings is 1. The van der Waals surface area contributed by atoms with Gasteiger partial charge in [0, 0.05) is 24.7 Å². The van der Waals surface area contributed by atoms with E-state index in [1.807, 2.05) is 24.3 Å². The molecule has 1 amide bonds. The first-order valence-electron chi connectivity index (χ1n) is 7.92. The van der Waals surface area contributed by atoms with Crippen molar-refractivity contribution >= 4 is 23.2 Å². The molecule has 1 aromatic carbocycles. The van der Waals surface area contributed by atoms with Gasteiger partial charge in [0.2, 0.25) is 5.91 Å². The molecule has 124 valence electrons. The van der Waals surface area contributed by atoms with Gasteiger partial charge in [-0.1, -0.05) is 11.6 Å². The normalized spacial score (nSPS) is 15.1. The molecule has 1 N–H and O–H groups in total. The fourth-order valence-electron chi connectivity index (χ4n) is 2.92. The Morgan fingerprint density at radius 2 is 2.17 bits per heavy atom. The summed E-state index contributed by atoms with van der Waals surface area (Å²) in [6.07, 6.45) is 3.19. The van der Waals surface area contributed by atoms with Crippen LogP contribution in [0.1, 0.15) is 24.2 Å². The fourth-order valence-corrected chi connectivity index (χ4v) is 3.14. The molecule has 1 fully saturated rings. The number of benzene rings is 1. The molecule has 0 saturated carbocycles. The van der Waals surface area contributed by atoms with E-state index in [1.54, 1.807) is 12.3 Å². The summed E-state index contributed by atoms with van der Waals surface area (Å²) in [7, 11) is 0. The third kappa shape index (κ3) is 3.72. The van der Waals surface area contributed by atoms with E-state index < -0.39 is 0 Å². The summed E-state index contributed by atoms with van der Waals surface area (Å²) in [5, 5.41) is 12.3. The van der Waals surface area contributed by atoms with E-state index in [4.69, 9.17) is 21.3 Å². The number of halogens is 1. The zero-order valence-electron chi connectivity index (χ0n) is 13.2. The lowest BCUT2D eigenvalue weighted by atomic mass is 9.95. The van der Waals surface area contributed by atoms with Gasteiger partial charge in [-0.05, 0) is 43.2 Å². The Balaban J connectivity index is 1.52. The summed E-state index contributed by atoms with van der Waals surface area (Å²) in [5.41, 5.74) is 1.47. The summed E-state index contributed by atoms with van der Waals surface area (Å²) < 4.78 is 5.22. The van der Waals surface area contributed by atoms with Gasteiger partial charge in [0.05, 0.1) is 23.4 Å². The van der Waals surface area contributed by atoms with Crippen molar-refractivity contribution in [3.63, 3.8) is 0 Å². The van der Waals surface area contributed by atoms with Crippen molar-refractivity contribution in [1.82, 2.24) is 5.32 Å². The van der Waals surface area contributed by atoms with Gasteiger partial charge in [-0.2, -0.15) is 5.26 Å². The summed E-state index contributed by atoms with van der Waals surface area (Å²) in [6.45, 7) is 2.01. The van der Waals surface area contributed by atoms with Gasteiger partial charge in [-0.3, -0.25) is 4.79 Å². The van der Waals surface area contributed by atoms with Crippen molar-refractivity contribution in [2.24, 2.45) is 5.92 Å². The Morgan fingerprint density at radius 1 is 1.38 bits per heavy atom. The van der Waals surface area contributed by atoms with Crippen molar-refractivity contribution < 1.29 is 9.21 Å². The first kappa shape index (κ1) is 16.4. The lowest BCUT2D eigenvalue weighted by Gasteiger charge is -2.33. The Hall–Kier alpha value is -2.45. The number of amides is 1. The zero-order chi connectivity index (χ0) is 16.9. The second kappa shape index (κ2) is 7.41. The van der Waals surface area contributed by atoms with Crippen LogP contribution in [0.2, 0.25) is 5.02 Å². The molecule has 0 aliphatic carbocycles. The van der Waals surface area contributed by atoms with Crippen molar-refractivity contribution in [2.45, 2.75) is 19.4 Å². The molecule has 2 heterocycles. The Bertz CT molecular complexity index is 744. The lowest BCUT2D eigenvalue weighted by molar-refractivity contribution is -0.125. The number of nitrogens with one attached hydrogen (secondary N) is 1. The molecule has 0 radical (unpaired) electrons. The minimum Gasteiger partial charge on any atom is -0.467 e. The third-order valence-electron chi connectivity index (χ3n) is 4.32. The quantitative estimate of drug-likeness (QED) is 0.924. The van der Waals surface area contributed by atoms with E-state index in [9.17, 15) is 4.79 Å². The van der Waals surface area contributed by atoms with Gasteiger partial charge in [0.15, 0.2) is 0 Å². The predicted octanol–water partition coefficient (Wildman–Crippen LogP) is 3.34. The van der Waals surface area contributed by atoms with E-state index in [1.165, 1.54) is 0 Å². The third-order valence-corrected chi connectivity index (χ3v) is 4.63. The maximum Gasteiger partial charge on any atom is 0.223 e. The maximum atomic E-state index is 12.2. The van der Waals surface area contributed by atoms with E-state index in [0.717, 1.165) is 37.4 Å². The number of nitriles is 1. The molecule has 0 bridgehead atoms. The number of rotatable bonds is 4. The maximum absolute atomic E-state index is 12.2. The number of carbonyl (C=O) groups is 1. The molecule has 5 nitrogen and oxygen atoms in total.